The summed E-state index contributed by atoms with van der Waals surface area (Å²) in [6, 6.07) is 0. The van der Waals surface area contributed by atoms with Crippen LogP contribution in [0.5, 0.6) is 0 Å². The van der Waals surface area contributed by atoms with Gasteiger partial charge in [-0.1, -0.05) is 25.2 Å². The van der Waals surface area contributed by atoms with E-state index >= 15 is 0 Å². The molecule has 0 heteroatoms. The van der Waals surface area contributed by atoms with Gasteiger partial charge in [0.2, 0.25) is 0 Å². The molecule has 0 aromatic rings. The minimum Gasteiger partial charge on any atom is -0.103 e. The molecule has 0 spiro atoms. The highest BCUT2D eigenvalue weighted by molar-refractivity contribution is 5.18. The highest BCUT2D eigenvalue weighted by atomic mass is 14.5. The van der Waals surface area contributed by atoms with E-state index in [-0.39, 0.29) is 0 Å². The lowest BCUT2D eigenvalue weighted by Crippen LogP contribution is -2.08. The van der Waals surface area contributed by atoms with Crippen molar-refractivity contribution >= 4 is 0 Å². The van der Waals surface area contributed by atoms with Gasteiger partial charge in [0.1, 0.15) is 0 Å². The average molecular weight is 134 g/mol. The Balaban J connectivity index is 2.25. The van der Waals surface area contributed by atoms with Crippen LogP contribution in [0.15, 0.2) is 24.8 Å². The Morgan fingerprint density at radius 3 is 2.70 bits per heavy atom. The van der Waals surface area contributed by atoms with Crippen molar-refractivity contribution in [2.45, 2.75) is 19.8 Å². The first kappa shape index (κ1) is 6.21. The lowest BCUT2D eigenvalue weighted by atomic mass is 9.87. The van der Waals surface area contributed by atoms with Crippen molar-refractivity contribution in [2.75, 3.05) is 0 Å². The van der Waals surface area contributed by atoms with Gasteiger partial charge in [-0.3, -0.25) is 0 Å². The molecule has 2 aliphatic rings. The van der Waals surface area contributed by atoms with Crippen LogP contribution in [-0.4, -0.2) is 0 Å². The van der Waals surface area contributed by atoms with Crippen molar-refractivity contribution in [3.05, 3.63) is 24.8 Å². The Labute approximate surface area is 62.6 Å². The van der Waals surface area contributed by atoms with E-state index in [9.17, 15) is 0 Å². The van der Waals surface area contributed by atoms with Crippen molar-refractivity contribution < 1.29 is 0 Å². The third-order valence-electron chi connectivity index (χ3n) is 3.00. The van der Waals surface area contributed by atoms with Gasteiger partial charge in [0.25, 0.3) is 0 Å². The smallest absolute Gasteiger partial charge is 0.0135 e. The molecule has 1 saturated carbocycles. The predicted octanol–water partition coefficient (Wildman–Crippen LogP) is 2.77. The summed E-state index contributed by atoms with van der Waals surface area (Å²) < 4.78 is 0. The van der Waals surface area contributed by atoms with E-state index < -0.39 is 0 Å². The zero-order valence-corrected chi connectivity index (χ0v) is 6.51. The number of hydrogen-bond acceptors (Lipinski definition) is 0. The van der Waals surface area contributed by atoms with E-state index in [4.69, 9.17) is 0 Å². The Morgan fingerprint density at radius 1 is 1.60 bits per heavy atom. The summed E-state index contributed by atoms with van der Waals surface area (Å²) in [6.07, 6.45) is 9.58. The molecule has 0 N–H and O–H groups in total. The second kappa shape index (κ2) is 1.75. The third-order valence-corrected chi connectivity index (χ3v) is 3.00. The lowest BCUT2D eigenvalue weighted by Gasteiger charge is -2.18. The standard InChI is InChI=1S/C10H14/c1-3-8-6-10(2)5-4-9(8)7-10/h3-5,8-9H,1,6-7H2,2H3/t8-,9-,10-/m1/s1. The summed E-state index contributed by atoms with van der Waals surface area (Å²) in [6.45, 7) is 6.21. The van der Waals surface area contributed by atoms with Crippen LogP contribution < -0.4 is 0 Å². The van der Waals surface area contributed by atoms with Gasteiger partial charge >= 0.3 is 0 Å². The minimum absolute atomic E-state index is 0.531. The van der Waals surface area contributed by atoms with Crippen LogP contribution in [0.1, 0.15) is 19.8 Å². The summed E-state index contributed by atoms with van der Waals surface area (Å²) in [5, 5.41) is 0. The van der Waals surface area contributed by atoms with Crippen molar-refractivity contribution in [1.29, 1.82) is 0 Å². The normalized spacial score (nSPS) is 50.1. The summed E-state index contributed by atoms with van der Waals surface area (Å²) in [5.41, 5.74) is 0.531. The maximum Gasteiger partial charge on any atom is -0.0135 e. The van der Waals surface area contributed by atoms with Gasteiger partial charge in [0, 0.05) is 0 Å². The molecule has 0 amide bonds. The van der Waals surface area contributed by atoms with E-state index in [1.54, 1.807) is 0 Å². The maximum absolute atomic E-state index is 3.86. The van der Waals surface area contributed by atoms with Gasteiger partial charge in [-0.15, -0.1) is 6.58 Å². The summed E-state index contributed by atoms with van der Waals surface area (Å²) in [7, 11) is 0. The average Bonchev–Trinajstić information content (AvgIpc) is 2.41. The molecule has 2 bridgehead atoms. The molecule has 10 heavy (non-hydrogen) atoms. The highest BCUT2D eigenvalue weighted by Gasteiger charge is 2.41. The molecule has 0 heterocycles. The fourth-order valence-electron chi connectivity index (χ4n) is 2.42. The topological polar surface area (TPSA) is 0 Å². The van der Waals surface area contributed by atoms with E-state index in [0.29, 0.717) is 5.41 Å². The number of allylic oxidation sites excluding steroid dienone is 3. The van der Waals surface area contributed by atoms with E-state index in [1.165, 1.54) is 12.8 Å². The van der Waals surface area contributed by atoms with Gasteiger partial charge in [0.15, 0.2) is 0 Å². The van der Waals surface area contributed by atoms with Crippen LogP contribution in [0.2, 0.25) is 0 Å². The Hall–Kier alpha value is -0.520. The van der Waals surface area contributed by atoms with Crippen LogP contribution >= 0.6 is 0 Å². The zero-order valence-electron chi connectivity index (χ0n) is 6.51. The van der Waals surface area contributed by atoms with Crippen LogP contribution in [0.25, 0.3) is 0 Å². The minimum atomic E-state index is 0.531. The first-order valence-electron chi connectivity index (χ1n) is 4.05. The fourth-order valence-corrected chi connectivity index (χ4v) is 2.42. The molecule has 1 fully saturated rings. The molecular weight excluding hydrogens is 120 g/mol. The molecule has 54 valence electrons. The van der Waals surface area contributed by atoms with Crippen molar-refractivity contribution in [1.82, 2.24) is 0 Å². The largest absolute Gasteiger partial charge is 0.103 e. The summed E-state index contributed by atoms with van der Waals surface area (Å²) >= 11 is 0. The lowest BCUT2D eigenvalue weighted by molar-refractivity contribution is 0.438. The monoisotopic (exact) mass is 134 g/mol. The van der Waals surface area contributed by atoms with Crippen LogP contribution in [0.3, 0.4) is 0 Å². The fraction of sp³-hybridized carbons (Fsp3) is 0.600. The molecule has 0 aromatic carbocycles. The third kappa shape index (κ3) is 0.681. The molecule has 0 radical (unpaired) electrons. The van der Waals surface area contributed by atoms with Crippen molar-refractivity contribution in [3.63, 3.8) is 0 Å². The SMILES string of the molecule is C=C[C@@H]1C[C@@]2(C)C=C[C@@H]1C2. The number of fused-ring (bicyclic) bond motifs is 2. The molecule has 0 aliphatic heterocycles. The maximum atomic E-state index is 3.86. The van der Waals surface area contributed by atoms with Crippen LogP contribution in [0.4, 0.5) is 0 Å². The van der Waals surface area contributed by atoms with Crippen LogP contribution in [0, 0.1) is 17.3 Å². The molecular formula is C10H14. The van der Waals surface area contributed by atoms with E-state index in [1.807, 2.05) is 0 Å². The Morgan fingerprint density at radius 2 is 2.40 bits per heavy atom. The molecule has 0 nitrogen and oxygen atoms in total. The second-order valence-corrected chi connectivity index (χ2v) is 3.98. The first-order valence-corrected chi connectivity index (χ1v) is 4.05. The predicted molar refractivity (Wildman–Crippen MR) is 43.7 cm³/mol. The summed E-state index contributed by atoms with van der Waals surface area (Å²) in [4.78, 5) is 0. The molecule has 2 aliphatic carbocycles. The summed E-state index contributed by atoms with van der Waals surface area (Å²) in [5.74, 6) is 1.59. The quantitative estimate of drug-likeness (QED) is 0.484. The Kier molecular flexibility index (Phi) is 1.08. The van der Waals surface area contributed by atoms with Crippen molar-refractivity contribution in [3.8, 4) is 0 Å². The van der Waals surface area contributed by atoms with Gasteiger partial charge < -0.3 is 0 Å². The molecule has 0 saturated heterocycles. The number of rotatable bonds is 1. The molecule has 0 unspecified atom stereocenters. The van der Waals surface area contributed by atoms with Gasteiger partial charge in [-0.2, -0.15) is 0 Å². The van der Waals surface area contributed by atoms with Gasteiger partial charge in [-0.25, -0.2) is 0 Å². The highest BCUT2D eigenvalue weighted by Crippen LogP contribution is 2.52. The van der Waals surface area contributed by atoms with Crippen molar-refractivity contribution in [2.24, 2.45) is 17.3 Å². The number of hydrogen-bond donors (Lipinski definition) is 0. The van der Waals surface area contributed by atoms with Gasteiger partial charge in [0.05, 0.1) is 0 Å². The molecule has 2 rings (SSSR count). The zero-order chi connectivity index (χ0) is 7.19. The molecule has 3 atom stereocenters. The molecule has 0 aromatic heterocycles. The van der Waals surface area contributed by atoms with Crippen LogP contribution in [-0.2, 0) is 0 Å². The van der Waals surface area contributed by atoms with E-state index in [0.717, 1.165) is 11.8 Å². The van der Waals surface area contributed by atoms with Gasteiger partial charge in [-0.05, 0) is 30.1 Å². The Bertz CT molecular complexity index is 190. The van der Waals surface area contributed by atoms with E-state index in [2.05, 4.69) is 31.7 Å². The second-order valence-electron chi connectivity index (χ2n) is 3.98. The first-order chi connectivity index (χ1) is 4.73.